The molecule has 0 unspecified atom stereocenters. The van der Waals surface area contributed by atoms with Gasteiger partial charge < -0.3 is 14.5 Å². The van der Waals surface area contributed by atoms with Gasteiger partial charge in [-0.1, -0.05) is 12.1 Å². The number of fused-ring (bicyclic) bond motifs is 1. The maximum absolute atomic E-state index is 13.2. The topological polar surface area (TPSA) is 45.7 Å². The van der Waals surface area contributed by atoms with Gasteiger partial charge in [-0.25, -0.2) is 0 Å². The molecular formula is C24H27N3O2. The molecule has 1 amide bonds. The lowest BCUT2D eigenvalue weighted by Crippen LogP contribution is -2.49. The van der Waals surface area contributed by atoms with E-state index in [9.17, 15) is 4.79 Å². The van der Waals surface area contributed by atoms with E-state index in [2.05, 4.69) is 41.9 Å². The van der Waals surface area contributed by atoms with Crippen LogP contribution >= 0.6 is 0 Å². The second-order valence-corrected chi connectivity index (χ2v) is 7.68. The van der Waals surface area contributed by atoms with Crippen LogP contribution in [0.2, 0.25) is 0 Å². The van der Waals surface area contributed by atoms with Crippen LogP contribution in [0.15, 0.2) is 42.5 Å². The number of amides is 1. The molecule has 5 nitrogen and oxygen atoms in total. The van der Waals surface area contributed by atoms with Crippen LogP contribution < -0.4 is 9.64 Å². The van der Waals surface area contributed by atoms with E-state index >= 15 is 0 Å². The highest BCUT2D eigenvalue weighted by Gasteiger charge is 2.24. The Morgan fingerprint density at radius 3 is 2.48 bits per heavy atom. The first-order chi connectivity index (χ1) is 14.0. The first-order valence-corrected chi connectivity index (χ1v) is 10.0. The Hall–Kier alpha value is -3.08. The minimum Gasteiger partial charge on any atom is -0.497 e. The normalized spacial score (nSPS) is 14.3. The molecule has 2 aromatic carbocycles. The molecule has 0 spiro atoms. The third-order valence-corrected chi connectivity index (χ3v) is 5.93. The summed E-state index contributed by atoms with van der Waals surface area (Å²) in [5.41, 5.74) is 6.18. The molecule has 0 aliphatic carbocycles. The Bertz CT molecular complexity index is 1070. The first-order valence-electron chi connectivity index (χ1n) is 10.0. The standard InChI is InChI=1S/C24H27N3O2/c1-16-6-5-7-23(17(16)2)26-10-12-27(13-11-26)24(28)21-14-19-8-9-20(29-4)15-22(19)25-18(21)3/h5-9,14-15H,10-13H2,1-4H3. The van der Waals surface area contributed by atoms with Crippen LogP contribution in [0.5, 0.6) is 5.75 Å². The fourth-order valence-electron chi connectivity index (χ4n) is 3.99. The molecule has 1 saturated heterocycles. The predicted octanol–water partition coefficient (Wildman–Crippen LogP) is 4.13. The van der Waals surface area contributed by atoms with Crippen molar-refractivity contribution in [1.29, 1.82) is 0 Å². The quantitative estimate of drug-likeness (QED) is 0.676. The molecule has 1 aliphatic heterocycles. The summed E-state index contributed by atoms with van der Waals surface area (Å²) in [7, 11) is 1.64. The second kappa shape index (κ2) is 7.74. The number of carbonyl (C=O) groups is 1. The first kappa shape index (κ1) is 19.2. The van der Waals surface area contributed by atoms with E-state index in [0.717, 1.165) is 35.4 Å². The van der Waals surface area contributed by atoms with Crippen LogP contribution in [0.25, 0.3) is 10.9 Å². The van der Waals surface area contributed by atoms with Gasteiger partial charge in [0.15, 0.2) is 0 Å². The van der Waals surface area contributed by atoms with Gasteiger partial charge in [-0.05, 0) is 56.2 Å². The lowest BCUT2D eigenvalue weighted by molar-refractivity contribution is 0.0745. The van der Waals surface area contributed by atoms with Crippen molar-refractivity contribution in [3.8, 4) is 5.75 Å². The Balaban J connectivity index is 1.52. The van der Waals surface area contributed by atoms with Crippen molar-refractivity contribution < 1.29 is 9.53 Å². The van der Waals surface area contributed by atoms with Crippen LogP contribution in [0.1, 0.15) is 27.2 Å². The highest BCUT2D eigenvalue weighted by molar-refractivity contribution is 5.99. The molecule has 3 aromatic rings. The minimum absolute atomic E-state index is 0.0633. The Kier molecular flexibility index (Phi) is 5.14. The maximum Gasteiger partial charge on any atom is 0.255 e. The predicted molar refractivity (Wildman–Crippen MR) is 117 cm³/mol. The van der Waals surface area contributed by atoms with Gasteiger partial charge in [0.2, 0.25) is 0 Å². The van der Waals surface area contributed by atoms with Crippen molar-refractivity contribution in [1.82, 2.24) is 9.88 Å². The zero-order valence-electron chi connectivity index (χ0n) is 17.5. The molecule has 0 radical (unpaired) electrons. The van der Waals surface area contributed by atoms with Gasteiger partial charge in [0.05, 0.1) is 23.9 Å². The second-order valence-electron chi connectivity index (χ2n) is 7.68. The number of aryl methyl sites for hydroxylation is 2. The summed E-state index contributed by atoms with van der Waals surface area (Å²) in [5.74, 6) is 0.833. The SMILES string of the molecule is COc1ccc2cc(C(=O)N3CCN(c4cccc(C)c4C)CC3)c(C)nc2c1. The fourth-order valence-corrected chi connectivity index (χ4v) is 3.99. The number of anilines is 1. The average molecular weight is 389 g/mol. The van der Waals surface area contributed by atoms with Crippen molar-refractivity contribution in [2.75, 3.05) is 38.2 Å². The largest absolute Gasteiger partial charge is 0.497 e. The zero-order chi connectivity index (χ0) is 20.5. The number of methoxy groups -OCH3 is 1. The van der Waals surface area contributed by atoms with E-state index < -0.39 is 0 Å². The third-order valence-electron chi connectivity index (χ3n) is 5.93. The molecule has 4 rings (SSSR count). The van der Waals surface area contributed by atoms with Crippen LogP contribution in [0.4, 0.5) is 5.69 Å². The van der Waals surface area contributed by atoms with Gasteiger partial charge in [-0.3, -0.25) is 9.78 Å². The lowest BCUT2D eigenvalue weighted by atomic mass is 10.1. The Labute approximate surface area is 171 Å². The van der Waals surface area contributed by atoms with Crippen molar-refractivity contribution in [3.63, 3.8) is 0 Å². The van der Waals surface area contributed by atoms with Gasteiger partial charge in [0, 0.05) is 43.3 Å². The van der Waals surface area contributed by atoms with Gasteiger partial charge in [0.25, 0.3) is 5.91 Å². The van der Waals surface area contributed by atoms with Gasteiger partial charge in [0.1, 0.15) is 5.75 Å². The van der Waals surface area contributed by atoms with Crippen molar-refractivity contribution >= 4 is 22.5 Å². The monoisotopic (exact) mass is 389 g/mol. The lowest BCUT2D eigenvalue weighted by Gasteiger charge is -2.37. The molecule has 5 heteroatoms. The number of piperazine rings is 1. The van der Waals surface area contributed by atoms with Gasteiger partial charge in [-0.15, -0.1) is 0 Å². The molecule has 150 valence electrons. The Morgan fingerprint density at radius 1 is 1.00 bits per heavy atom. The van der Waals surface area contributed by atoms with E-state index in [1.165, 1.54) is 16.8 Å². The summed E-state index contributed by atoms with van der Waals surface area (Å²) < 4.78 is 5.28. The van der Waals surface area contributed by atoms with E-state index in [4.69, 9.17) is 4.74 Å². The van der Waals surface area contributed by atoms with E-state index in [1.807, 2.05) is 36.1 Å². The molecule has 0 N–H and O–H groups in total. The number of aromatic nitrogens is 1. The molecule has 0 bridgehead atoms. The molecule has 0 atom stereocenters. The third kappa shape index (κ3) is 3.65. The molecule has 1 aliphatic rings. The Morgan fingerprint density at radius 2 is 1.76 bits per heavy atom. The van der Waals surface area contributed by atoms with Gasteiger partial charge >= 0.3 is 0 Å². The average Bonchev–Trinajstić information content (AvgIpc) is 2.74. The van der Waals surface area contributed by atoms with E-state index in [0.29, 0.717) is 18.7 Å². The number of hydrogen-bond donors (Lipinski definition) is 0. The number of hydrogen-bond acceptors (Lipinski definition) is 4. The summed E-state index contributed by atoms with van der Waals surface area (Å²) in [6.07, 6.45) is 0. The number of benzene rings is 2. The number of nitrogens with zero attached hydrogens (tertiary/aromatic N) is 3. The molecule has 2 heterocycles. The molecule has 0 saturated carbocycles. The highest BCUT2D eigenvalue weighted by Crippen LogP contribution is 2.26. The molecule has 29 heavy (non-hydrogen) atoms. The van der Waals surface area contributed by atoms with E-state index in [-0.39, 0.29) is 5.91 Å². The highest BCUT2D eigenvalue weighted by atomic mass is 16.5. The number of carbonyl (C=O) groups excluding carboxylic acids is 1. The number of pyridine rings is 1. The van der Waals surface area contributed by atoms with Crippen LogP contribution in [-0.2, 0) is 0 Å². The van der Waals surface area contributed by atoms with Crippen molar-refractivity contribution in [3.05, 3.63) is 64.8 Å². The van der Waals surface area contributed by atoms with Crippen LogP contribution in [0.3, 0.4) is 0 Å². The van der Waals surface area contributed by atoms with Gasteiger partial charge in [-0.2, -0.15) is 0 Å². The fraction of sp³-hybridized carbons (Fsp3) is 0.333. The number of rotatable bonds is 3. The summed E-state index contributed by atoms with van der Waals surface area (Å²) in [5, 5.41) is 0.953. The maximum atomic E-state index is 13.2. The minimum atomic E-state index is 0.0633. The van der Waals surface area contributed by atoms with Crippen molar-refractivity contribution in [2.45, 2.75) is 20.8 Å². The summed E-state index contributed by atoms with van der Waals surface area (Å²) >= 11 is 0. The summed E-state index contributed by atoms with van der Waals surface area (Å²) in [6, 6.07) is 14.1. The summed E-state index contributed by atoms with van der Waals surface area (Å²) in [6.45, 7) is 9.32. The molecular weight excluding hydrogens is 362 g/mol. The number of ether oxygens (including phenoxy) is 1. The zero-order valence-corrected chi connectivity index (χ0v) is 17.5. The molecule has 1 aromatic heterocycles. The van der Waals surface area contributed by atoms with Crippen molar-refractivity contribution in [2.24, 2.45) is 0 Å². The van der Waals surface area contributed by atoms with Crippen LogP contribution in [-0.4, -0.2) is 49.1 Å². The van der Waals surface area contributed by atoms with E-state index in [1.54, 1.807) is 7.11 Å². The summed E-state index contributed by atoms with van der Waals surface area (Å²) in [4.78, 5) is 22.2. The smallest absolute Gasteiger partial charge is 0.255 e. The molecule has 1 fully saturated rings. The van der Waals surface area contributed by atoms with Crippen LogP contribution in [0, 0.1) is 20.8 Å².